The van der Waals surface area contributed by atoms with Gasteiger partial charge in [-0.05, 0) is 63.0 Å². The Labute approximate surface area is 157 Å². The molecule has 6 heteroatoms. The monoisotopic (exact) mass is 381 g/mol. The van der Waals surface area contributed by atoms with E-state index in [1.165, 1.54) is 12.1 Å². The number of nitrogens with zero attached hydrogens (tertiary/aromatic N) is 1. The molecule has 0 aromatic heterocycles. The third kappa shape index (κ3) is 3.73. The molecule has 1 N–H and O–H groups in total. The summed E-state index contributed by atoms with van der Waals surface area (Å²) in [5, 5.41) is 9.81. The van der Waals surface area contributed by atoms with Crippen LogP contribution in [0.25, 0.3) is 0 Å². The van der Waals surface area contributed by atoms with Crippen molar-refractivity contribution in [1.29, 1.82) is 0 Å². The first kappa shape index (κ1) is 18.8. The van der Waals surface area contributed by atoms with E-state index in [9.17, 15) is 23.1 Å². The van der Waals surface area contributed by atoms with Crippen LogP contribution in [0, 0.1) is 17.3 Å². The molecule has 3 fully saturated rings. The first-order chi connectivity index (χ1) is 12.6. The SMILES string of the molecule is C[C@]1(O)C[C@@H](C(=O)N2CC3(CC[C@@H](Cc4cccc(C(F)(F)F)c4)C3)C2)C1. The van der Waals surface area contributed by atoms with Crippen molar-refractivity contribution in [2.24, 2.45) is 17.3 Å². The highest BCUT2D eigenvalue weighted by molar-refractivity contribution is 5.81. The second-order valence-electron chi connectivity index (χ2n) is 9.31. The van der Waals surface area contributed by atoms with Crippen molar-refractivity contribution in [2.75, 3.05) is 13.1 Å². The fourth-order valence-corrected chi connectivity index (χ4v) is 5.35. The fraction of sp³-hybridized carbons (Fsp3) is 0.667. The smallest absolute Gasteiger partial charge is 0.390 e. The average molecular weight is 381 g/mol. The standard InChI is InChI=1S/C21H26F3NO2/c1-19(27)10-16(11-19)18(26)25-12-20(13-25)6-5-15(9-20)7-14-3-2-4-17(8-14)21(22,23)24/h2-4,8,15-16,27H,5-7,9-13H2,1H3/t15-,16-,19+/m0/s1. The van der Waals surface area contributed by atoms with Crippen molar-refractivity contribution in [3.8, 4) is 0 Å². The van der Waals surface area contributed by atoms with Gasteiger partial charge in [-0.1, -0.05) is 18.2 Å². The van der Waals surface area contributed by atoms with Crippen LogP contribution < -0.4 is 0 Å². The number of carbonyl (C=O) groups is 1. The summed E-state index contributed by atoms with van der Waals surface area (Å²) in [6.07, 6.45) is 0.509. The maximum Gasteiger partial charge on any atom is 0.416 e. The number of likely N-dealkylation sites (tertiary alicyclic amines) is 1. The highest BCUT2D eigenvalue weighted by Gasteiger charge is 2.52. The number of aliphatic hydroxyl groups is 1. The summed E-state index contributed by atoms with van der Waals surface area (Å²) in [7, 11) is 0. The summed E-state index contributed by atoms with van der Waals surface area (Å²) < 4.78 is 38.6. The summed E-state index contributed by atoms with van der Waals surface area (Å²) in [6, 6.07) is 5.65. The second-order valence-corrected chi connectivity index (χ2v) is 9.31. The lowest BCUT2D eigenvalue weighted by Crippen LogP contribution is -2.61. The number of halogens is 3. The van der Waals surface area contributed by atoms with E-state index in [0.29, 0.717) is 25.2 Å². The molecule has 0 radical (unpaired) electrons. The molecular weight excluding hydrogens is 355 g/mol. The van der Waals surface area contributed by atoms with Crippen molar-refractivity contribution < 1.29 is 23.1 Å². The molecule has 0 bridgehead atoms. The van der Waals surface area contributed by atoms with Crippen LogP contribution in [0.2, 0.25) is 0 Å². The van der Waals surface area contributed by atoms with Gasteiger partial charge in [0, 0.05) is 24.4 Å². The molecule has 3 aliphatic rings. The molecule has 1 atom stereocenters. The maximum absolute atomic E-state index is 12.9. The Morgan fingerprint density at radius 1 is 1.26 bits per heavy atom. The van der Waals surface area contributed by atoms with Crippen molar-refractivity contribution in [3.63, 3.8) is 0 Å². The van der Waals surface area contributed by atoms with Crippen molar-refractivity contribution in [1.82, 2.24) is 4.90 Å². The molecule has 1 aliphatic heterocycles. The zero-order valence-corrected chi connectivity index (χ0v) is 15.6. The van der Waals surface area contributed by atoms with Gasteiger partial charge in [-0.25, -0.2) is 0 Å². The average Bonchev–Trinajstić information content (AvgIpc) is 2.94. The Morgan fingerprint density at radius 3 is 2.59 bits per heavy atom. The number of carbonyl (C=O) groups excluding carboxylic acids is 1. The number of hydrogen-bond acceptors (Lipinski definition) is 2. The molecule has 1 aromatic carbocycles. The number of benzene rings is 1. The lowest BCUT2D eigenvalue weighted by molar-refractivity contribution is -0.161. The van der Waals surface area contributed by atoms with Gasteiger partial charge in [-0.15, -0.1) is 0 Å². The maximum atomic E-state index is 12.9. The lowest BCUT2D eigenvalue weighted by Gasteiger charge is -2.52. The molecule has 1 aromatic rings. The van der Waals surface area contributed by atoms with Crippen molar-refractivity contribution in [3.05, 3.63) is 35.4 Å². The van der Waals surface area contributed by atoms with Crippen LogP contribution in [0.1, 0.15) is 50.2 Å². The normalized spacial score (nSPS) is 32.3. The van der Waals surface area contributed by atoms with Crippen LogP contribution >= 0.6 is 0 Å². The summed E-state index contributed by atoms with van der Waals surface area (Å²) in [6.45, 7) is 3.30. The number of rotatable bonds is 3. The molecule has 1 spiro atoms. The van der Waals surface area contributed by atoms with Gasteiger partial charge >= 0.3 is 6.18 Å². The minimum Gasteiger partial charge on any atom is -0.390 e. The molecule has 1 amide bonds. The number of hydrogen-bond donors (Lipinski definition) is 1. The Morgan fingerprint density at radius 2 is 1.96 bits per heavy atom. The van der Waals surface area contributed by atoms with Gasteiger partial charge in [0.15, 0.2) is 0 Å². The molecule has 148 valence electrons. The predicted molar refractivity (Wildman–Crippen MR) is 94.8 cm³/mol. The Balaban J connectivity index is 1.30. The third-order valence-corrected chi connectivity index (χ3v) is 6.67. The van der Waals surface area contributed by atoms with Gasteiger partial charge in [0.05, 0.1) is 11.2 Å². The van der Waals surface area contributed by atoms with Gasteiger partial charge in [-0.3, -0.25) is 4.79 Å². The van der Waals surface area contributed by atoms with Crippen molar-refractivity contribution >= 4 is 5.91 Å². The minimum absolute atomic E-state index is 0.0420. The van der Waals surface area contributed by atoms with E-state index in [0.717, 1.165) is 44.0 Å². The van der Waals surface area contributed by atoms with E-state index in [-0.39, 0.29) is 17.2 Å². The topological polar surface area (TPSA) is 40.5 Å². The molecule has 3 nitrogen and oxygen atoms in total. The Bertz CT molecular complexity index is 729. The predicted octanol–water partition coefficient (Wildman–Crippen LogP) is 4.04. The van der Waals surface area contributed by atoms with Gasteiger partial charge in [0.25, 0.3) is 0 Å². The summed E-state index contributed by atoms with van der Waals surface area (Å²) in [5.41, 5.74) is -0.360. The van der Waals surface area contributed by atoms with Crippen LogP contribution in [0.5, 0.6) is 0 Å². The van der Waals surface area contributed by atoms with E-state index in [2.05, 4.69) is 0 Å². The fourth-order valence-electron chi connectivity index (χ4n) is 5.35. The molecule has 27 heavy (non-hydrogen) atoms. The van der Waals surface area contributed by atoms with Crippen LogP contribution in [0.3, 0.4) is 0 Å². The second kappa shape index (κ2) is 6.23. The minimum atomic E-state index is -4.30. The Kier molecular flexibility index (Phi) is 4.33. The van der Waals surface area contributed by atoms with E-state index < -0.39 is 17.3 Å². The van der Waals surface area contributed by atoms with E-state index in [1.807, 2.05) is 4.90 Å². The van der Waals surface area contributed by atoms with Crippen LogP contribution in [-0.2, 0) is 17.4 Å². The third-order valence-electron chi connectivity index (χ3n) is 6.67. The highest BCUT2D eigenvalue weighted by atomic mass is 19.4. The van der Waals surface area contributed by atoms with E-state index >= 15 is 0 Å². The highest BCUT2D eigenvalue weighted by Crippen LogP contribution is 2.50. The Hall–Kier alpha value is -1.56. The van der Waals surface area contributed by atoms with Gasteiger partial charge in [0.1, 0.15) is 0 Å². The number of alkyl halides is 3. The van der Waals surface area contributed by atoms with Crippen molar-refractivity contribution in [2.45, 2.75) is 57.2 Å². The summed E-state index contributed by atoms with van der Waals surface area (Å²) in [5.74, 6) is 0.503. The van der Waals surface area contributed by atoms with E-state index in [4.69, 9.17) is 0 Å². The van der Waals surface area contributed by atoms with Crippen LogP contribution in [0.4, 0.5) is 13.2 Å². The molecular formula is C21H26F3NO2. The lowest BCUT2D eigenvalue weighted by atomic mass is 9.69. The van der Waals surface area contributed by atoms with Crippen LogP contribution in [0.15, 0.2) is 24.3 Å². The van der Waals surface area contributed by atoms with Crippen LogP contribution in [-0.4, -0.2) is 34.6 Å². The molecule has 1 saturated heterocycles. The first-order valence-corrected chi connectivity index (χ1v) is 9.73. The van der Waals surface area contributed by atoms with Gasteiger partial charge in [0.2, 0.25) is 5.91 Å². The summed E-state index contributed by atoms with van der Waals surface area (Å²) in [4.78, 5) is 14.4. The quantitative estimate of drug-likeness (QED) is 0.859. The summed E-state index contributed by atoms with van der Waals surface area (Å²) >= 11 is 0. The molecule has 0 unspecified atom stereocenters. The first-order valence-electron chi connectivity index (χ1n) is 9.73. The largest absolute Gasteiger partial charge is 0.416 e. The van der Waals surface area contributed by atoms with Gasteiger partial charge in [-0.2, -0.15) is 13.2 Å². The number of amides is 1. The van der Waals surface area contributed by atoms with Gasteiger partial charge < -0.3 is 10.0 Å². The zero-order chi connectivity index (χ0) is 19.4. The molecule has 1 heterocycles. The molecule has 4 rings (SSSR count). The molecule has 2 aliphatic carbocycles. The van der Waals surface area contributed by atoms with E-state index in [1.54, 1.807) is 13.0 Å². The molecule has 2 saturated carbocycles. The zero-order valence-electron chi connectivity index (χ0n) is 15.6.